The maximum Gasteiger partial charge on any atom is 0.303 e. The van der Waals surface area contributed by atoms with Crippen LogP contribution in [-0.4, -0.2) is 62.0 Å². The number of anilines is 2. The topological polar surface area (TPSA) is 123 Å². The van der Waals surface area contributed by atoms with Crippen LogP contribution in [0.3, 0.4) is 0 Å². The summed E-state index contributed by atoms with van der Waals surface area (Å²) in [6, 6.07) is 9.49. The van der Waals surface area contributed by atoms with E-state index in [0.717, 1.165) is 44.1 Å². The first-order valence-corrected chi connectivity index (χ1v) is 15.7. The lowest BCUT2D eigenvalue weighted by Crippen LogP contribution is -2.37. The number of hydrogen-bond acceptors (Lipinski definition) is 9. The Morgan fingerprint density at radius 2 is 1.91 bits per heavy atom. The zero-order valence-electron chi connectivity index (χ0n) is 23.7. The van der Waals surface area contributed by atoms with E-state index in [2.05, 4.69) is 32.0 Å². The van der Waals surface area contributed by atoms with Gasteiger partial charge < -0.3 is 19.7 Å². The summed E-state index contributed by atoms with van der Waals surface area (Å²) in [5, 5.41) is 3.95. The van der Waals surface area contributed by atoms with Gasteiger partial charge in [0.05, 0.1) is 16.8 Å². The Hall–Kier alpha value is -4.07. The number of ether oxygens (including phenoxy) is 2. The first-order valence-electron chi connectivity index (χ1n) is 13.8. The van der Waals surface area contributed by atoms with Crippen molar-refractivity contribution in [2.75, 3.05) is 36.8 Å². The van der Waals surface area contributed by atoms with Gasteiger partial charge in [0.15, 0.2) is 11.9 Å². The summed E-state index contributed by atoms with van der Waals surface area (Å²) in [5.41, 5.74) is 0.0985. The molecule has 10 nitrogen and oxygen atoms in total. The SMILES string of the molecule is CC(=O)O[C@@H]1COc2c1cc(Cl)cc2S(=O)(=O)Nc1ccc(F)c(-c2ccc3nc(NC4CCN(C)CC4)ncc3c2)c1F. The van der Waals surface area contributed by atoms with Crippen molar-refractivity contribution in [2.24, 2.45) is 0 Å². The summed E-state index contributed by atoms with van der Waals surface area (Å²) < 4.78 is 70.7. The van der Waals surface area contributed by atoms with Crippen LogP contribution in [0.25, 0.3) is 22.0 Å². The minimum absolute atomic E-state index is 0.0372. The highest BCUT2D eigenvalue weighted by Gasteiger charge is 2.34. The van der Waals surface area contributed by atoms with Crippen LogP contribution in [-0.2, 0) is 19.6 Å². The molecule has 2 aliphatic heterocycles. The largest absolute Gasteiger partial charge is 0.487 e. The molecule has 230 valence electrons. The molecule has 0 saturated carbocycles. The number of sulfonamides is 1. The van der Waals surface area contributed by atoms with Gasteiger partial charge in [-0.3, -0.25) is 9.52 Å². The summed E-state index contributed by atoms with van der Waals surface area (Å²) in [4.78, 5) is 22.3. The molecule has 44 heavy (non-hydrogen) atoms. The molecule has 0 unspecified atom stereocenters. The fourth-order valence-corrected chi connectivity index (χ4v) is 6.97. The molecular weight excluding hydrogens is 616 g/mol. The molecule has 14 heteroatoms. The summed E-state index contributed by atoms with van der Waals surface area (Å²) in [6.07, 6.45) is 2.66. The summed E-state index contributed by atoms with van der Waals surface area (Å²) >= 11 is 6.18. The molecule has 1 fully saturated rings. The number of halogens is 3. The molecule has 6 rings (SSSR count). The number of carbonyl (C=O) groups is 1. The Morgan fingerprint density at radius 3 is 2.66 bits per heavy atom. The van der Waals surface area contributed by atoms with Crippen molar-refractivity contribution in [3.8, 4) is 16.9 Å². The Morgan fingerprint density at radius 1 is 1.14 bits per heavy atom. The normalized spacial score (nSPS) is 17.2. The van der Waals surface area contributed by atoms with Crippen molar-refractivity contribution in [1.29, 1.82) is 0 Å². The van der Waals surface area contributed by atoms with Crippen LogP contribution in [0.2, 0.25) is 5.02 Å². The van der Waals surface area contributed by atoms with Gasteiger partial charge in [-0.05, 0) is 74.9 Å². The van der Waals surface area contributed by atoms with Crippen molar-refractivity contribution in [3.05, 3.63) is 70.9 Å². The zero-order chi connectivity index (χ0) is 31.2. The maximum absolute atomic E-state index is 15.8. The number of benzene rings is 3. The number of piperidine rings is 1. The number of fused-ring (bicyclic) bond motifs is 2. The fraction of sp³-hybridized carbons (Fsp3) is 0.300. The van der Waals surface area contributed by atoms with Gasteiger partial charge in [0.1, 0.15) is 23.1 Å². The van der Waals surface area contributed by atoms with E-state index >= 15 is 8.78 Å². The molecular formula is C30H28ClF2N5O5S. The smallest absolute Gasteiger partial charge is 0.303 e. The first-order chi connectivity index (χ1) is 21.0. The van der Waals surface area contributed by atoms with Gasteiger partial charge in [-0.2, -0.15) is 0 Å². The van der Waals surface area contributed by atoms with E-state index in [0.29, 0.717) is 16.9 Å². The Labute approximate surface area is 257 Å². The number of nitrogens with one attached hydrogen (secondary N) is 2. The van der Waals surface area contributed by atoms with Crippen LogP contribution in [0.1, 0.15) is 31.4 Å². The molecule has 0 aliphatic carbocycles. The van der Waals surface area contributed by atoms with Crippen molar-refractivity contribution in [1.82, 2.24) is 14.9 Å². The lowest BCUT2D eigenvalue weighted by Gasteiger charge is -2.29. The number of hydrogen-bond donors (Lipinski definition) is 2. The summed E-state index contributed by atoms with van der Waals surface area (Å²) in [6.45, 7) is 3.05. The van der Waals surface area contributed by atoms with Gasteiger partial charge in [-0.25, -0.2) is 27.2 Å². The monoisotopic (exact) mass is 643 g/mol. The average Bonchev–Trinajstić information content (AvgIpc) is 3.36. The van der Waals surface area contributed by atoms with E-state index in [1.165, 1.54) is 19.1 Å². The predicted octanol–water partition coefficient (Wildman–Crippen LogP) is 5.53. The van der Waals surface area contributed by atoms with Gasteiger partial charge in [-0.15, -0.1) is 0 Å². The third-order valence-corrected chi connectivity index (χ3v) is 9.22. The fourth-order valence-electron chi connectivity index (χ4n) is 5.42. The van der Waals surface area contributed by atoms with E-state index in [4.69, 9.17) is 21.1 Å². The molecule has 1 atom stereocenters. The number of aromatic nitrogens is 2. The van der Waals surface area contributed by atoms with Crippen LogP contribution in [0.4, 0.5) is 20.4 Å². The second kappa shape index (κ2) is 11.8. The van der Waals surface area contributed by atoms with Crippen molar-refractivity contribution >= 4 is 50.1 Å². The van der Waals surface area contributed by atoms with E-state index < -0.39 is 45.0 Å². The number of likely N-dealkylation sites (tertiary alicyclic amines) is 1. The minimum Gasteiger partial charge on any atom is -0.487 e. The highest BCUT2D eigenvalue weighted by molar-refractivity contribution is 7.92. The number of nitrogens with zero attached hydrogens (tertiary/aromatic N) is 3. The molecule has 0 bridgehead atoms. The van der Waals surface area contributed by atoms with Gasteiger partial charge in [0.25, 0.3) is 10.0 Å². The molecule has 4 aromatic rings. The summed E-state index contributed by atoms with van der Waals surface area (Å²) in [7, 11) is -2.41. The van der Waals surface area contributed by atoms with Gasteiger partial charge in [0, 0.05) is 35.1 Å². The van der Waals surface area contributed by atoms with Gasteiger partial charge in [-0.1, -0.05) is 17.7 Å². The van der Waals surface area contributed by atoms with Crippen molar-refractivity contribution < 1.29 is 31.5 Å². The van der Waals surface area contributed by atoms with E-state index in [-0.39, 0.29) is 39.4 Å². The number of carbonyl (C=O) groups excluding carboxylic acids is 1. The number of esters is 1. The third-order valence-electron chi connectivity index (χ3n) is 7.63. The van der Waals surface area contributed by atoms with Crippen LogP contribution >= 0.6 is 11.6 Å². The molecule has 3 aromatic carbocycles. The molecule has 1 aromatic heterocycles. The summed E-state index contributed by atoms with van der Waals surface area (Å²) in [5.74, 6) is -2.19. The zero-order valence-corrected chi connectivity index (χ0v) is 25.3. The molecule has 0 spiro atoms. The van der Waals surface area contributed by atoms with E-state index in [9.17, 15) is 13.2 Å². The predicted molar refractivity (Wildman–Crippen MR) is 161 cm³/mol. The number of rotatable bonds is 7. The molecule has 0 amide bonds. The van der Waals surface area contributed by atoms with Crippen LogP contribution in [0, 0.1) is 11.6 Å². The van der Waals surface area contributed by atoms with Crippen LogP contribution < -0.4 is 14.8 Å². The van der Waals surface area contributed by atoms with Crippen molar-refractivity contribution in [3.63, 3.8) is 0 Å². The van der Waals surface area contributed by atoms with Crippen LogP contribution in [0.15, 0.2) is 53.6 Å². The quantitative estimate of drug-likeness (QED) is 0.250. The molecule has 2 aliphatic rings. The second-order valence-corrected chi connectivity index (χ2v) is 12.9. The van der Waals surface area contributed by atoms with Crippen molar-refractivity contribution in [2.45, 2.75) is 36.8 Å². The third kappa shape index (κ3) is 5.99. The highest BCUT2D eigenvalue weighted by atomic mass is 35.5. The standard InChI is InChI=1S/C30H28ClF2N5O5S/c1-16(39)43-25-15-42-29-21(25)12-19(31)13-26(29)44(40,41)37-24-6-4-22(32)27(28(24)33)17-3-5-23-18(11-17)14-34-30(36-23)35-20-7-9-38(2)10-8-20/h3-6,11-14,20,25,37H,7-10,15H2,1-2H3,(H,34,35,36)/t25-/m1/s1. The van der Waals surface area contributed by atoms with Gasteiger partial charge in [0.2, 0.25) is 5.95 Å². The lowest BCUT2D eigenvalue weighted by atomic mass is 10.0. The minimum atomic E-state index is -4.49. The second-order valence-electron chi connectivity index (χ2n) is 10.8. The molecule has 2 N–H and O–H groups in total. The molecule has 0 radical (unpaired) electrons. The first kappa shape index (κ1) is 30.0. The molecule has 3 heterocycles. The Bertz CT molecular complexity index is 1890. The maximum atomic E-state index is 15.8. The van der Waals surface area contributed by atoms with Gasteiger partial charge >= 0.3 is 5.97 Å². The highest BCUT2D eigenvalue weighted by Crippen LogP contribution is 2.43. The lowest BCUT2D eigenvalue weighted by molar-refractivity contribution is -0.147. The van der Waals surface area contributed by atoms with Crippen LogP contribution in [0.5, 0.6) is 5.75 Å². The van der Waals surface area contributed by atoms with E-state index in [1.54, 1.807) is 18.3 Å². The average molecular weight is 644 g/mol. The molecule has 1 saturated heterocycles. The van der Waals surface area contributed by atoms with E-state index in [1.807, 2.05) is 0 Å². The Kier molecular flexibility index (Phi) is 8.03. The Balaban J connectivity index is 1.28.